The molecule has 23 heavy (non-hydrogen) atoms. The summed E-state index contributed by atoms with van der Waals surface area (Å²) >= 11 is 0. The first-order chi connectivity index (χ1) is 11.1. The average molecular weight is 309 g/mol. The first kappa shape index (κ1) is 14.1. The van der Waals surface area contributed by atoms with E-state index in [9.17, 15) is 9.90 Å². The van der Waals surface area contributed by atoms with Crippen molar-refractivity contribution in [2.24, 2.45) is 0 Å². The molecule has 2 aliphatic rings. The van der Waals surface area contributed by atoms with E-state index in [1.54, 1.807) is 4.57 Å². The number of aliphatic hydroxyl groups is 1. The molecule has 0 atom stereocenters. The van der Waals surface area contributed by atoms with E-state index in [-0.39, 0.29) is 22.6 Å². The number of aliphatic hydroxyl groups excluding tert-OH is 1. The van der Waals surface area contributed by atoms with E-state index in [0.717, 1.165) is 31.4 Å². The lowest BCUT2D eigenvalue weighted by Gasteiger charge is -2.27. The van der Waals surface area contributed by atoms with Crippen molar-refractivity contribution in [2.45, 2.75) is 31.7 Å². The van der Waals surface area contributed by atoms with Crippen LogP contribution in [0.3, 0.4) is 0 Å². The summed E-state index contributed by atoms with van der Waals surface area (Å²) in [4.78, 5) is 19.5. The molecular weight excluding hydrogens is 290 g/mol. The van der Waals surface area contributed by atoms with E-state index >= 15 is 0 Å². The van der Waals surface area contributed by atoms with E-state index in [2.05, 4.69) is 11.6 Å². The van der Waals surface area contributed by atoms with Crippen LogP contribution >= 0.6 is 0 Å². The molecule has 2 aromatic rings. The summed E-state index contributed by atoms with van der Waals surface area (Å²) in [7, 11) is 1.86. The highest BCUT2D eigenvalue weighted by atomic mass is 16.3. The van der Waals surface area contributed by atoms with Gasteiger partial charge in [0.1, 0.15) is 16.5 Å². The van der Waals surface area contributed by atoms with Crippen LogP contribution in [0.1, 0.15) is 37.3 Å². The molecule has 1 aromatic heterocycles. The molecule has 1 aromatic carbocycles. The van der Waals surface area contributed by atoms with Gasteiger partial charge in [-0.25, -0.2) is 4.98 Å². The molecule has 0 amide bonds. The van der Waals surface area contributed by atoms with Crippen LogP contribution in [0, 0.1) is 0 Å². The monoisotopic (exact) mass is 309 g/mol. The number of aromatic nitrogens is 2. The maximum absolute atomic E-state index is 13.1. The van der Waals surface area contributed by atoms with Gasteiger partial charge in [0.05, 0.1) is 5.69 Å². The van der Waals surface area contributed by atoms with Crippen molar-refractivity contribution in [1.82, 2.24) is 9.55 Å². The van der Waals surface area contributed by atoms with E-state index in [1.165, 1.54) is 0 Å². The quantitative estimate of drug-likeness (QED) is 0.868. The normalized spacial score (nSPS) is 17.3. The molecule has 1 aliphatic heterocycles. The number of hydrogen-bond donors (Lipinski definition) is 1. The maximum atomic E-state index is 13.1. The van der Waals surface area contributed by atoms with Crippen LogP contribution in [0.25, 0.3) is 12.3 Å². The van der Waals surface area contributed by atoms with E-state index in [0.29, 0.717) is 16.9 Å². The van der Waals surface area contributed by atoms with Crippen LogP contribution in [0.4, 0.5) is 11.5 Å². The highest BCUT2D eigenvalue weighted by molar-refractivity contribution is 5.81. The second-order valence-electron chi connectivity index (χ2n) is 6.26. The standard InChI is InChI=1S/C18H19N3O2/c1-11-19-17-15(18(23)21(11)12-7-3-4-8-12)16(22)13-9-5-6-10-14(13)20(17)2/h5-6,9-10,12,22H,1,3-4,7-8H2,2H3. The molecule has 5 heteroatoms. The first-order valence-corrected chi connectivity index (χ1v) is 7.97. The number of benzene rings is 1. The smallest absolute Gasteiger partial charge is 0.267 e. The zero-order valence-corrected chi connectivity index (χ0v) is 13.1. The lowest BCUT2D eigenvalue weighted by molar-refractivity contribution is 0.471. The van der Waals surface area contributed by atoms with Crippen LogP contribution in [0.2, 0.25) is 0 Å². The topological polar surface area (TPSA) is 58.4 Å². The fraction of sp³-hybridized carbons (Fsp3) is 0.333. The Bertz CT molecular complexity index is 955. The lowest BCUT2D eigenvalue weighted by atomic mass is 10.0. The van der Waals surface area contributed by atoms with Crippen LogP contribution in [0.15, 0.2) is 29.1 Å². The van der Waals surface area contributed by atoms with Crippen LogP contribution < -0.4 is 21.2 Å². The summed E-state index contributed by atoms with van der Waals surface area (Å²) < 4.78 is 1.67. The zero-order valence-electron chi connectivity index (χ0n) is 13.1. The molecular formula is C18H19N3O2. The Hall–Kier alpha value is -2.56. The highest BCUT2D eigenvalue weighted by Gasteiger charge is 2.27. The number of anilines is 2. The average Bonchev–Trinajstić information content (AvgIpc) is 3.06. The van der Waals surface area contributed by atoms with Crippen molar-refractivity contribution in [3.05, 3.63) is 50.9 Å². The Balaban J connectivity index is 2.09. The van der Waals surface area contributed by atoms with Crippen molar-refractivity contribution < 1.29 is 5.11 Å². The second kappa shape index (κ2) is 4.98. The molecule has 118 valence electrons. The predicted molar refractivity (Wildman–Crippen MR) is 90.4 cm³/mol. The van der Waals surface area contributed by atoms with Crippen molar-refractivity contribution in [1.29, 1.82) is 0 Å². The fourth-order valence-corrected chi connectivity index (χ4v) is 3.77. The molecule has 0 bridgehead atoms. The van der Waals surface area contributed by atoms with Gasteiger partial charge in [-0.2, -0.15) is 0 Å². The number of hydrogen-bond acceptors (Lipinski definition) is 4. The van der Waals surface area contributed by atoms with Crippen molar-refractivity contribution in [2.75, 3.05) is 11.9 Å². The van der Waals surface area contributed by atoms with Gasteiger partial charge in [0.15, 0.2) is 5.82 Å². The molecule has 0 saturated heterocycles. The fourth-order valence-electron chi connectivity index (χ4n) is 3.77. The van der Waals surface area contributed by atoms with Crippen molar-refractivity contribution in [3.8, 4) is 0 Å². The molecule has 1 saturated carbocycles. The second-order valence-corrected chi connectivity index (χ2v) is 6.26. The van der Waals surface area contributed by atoms with Gasteiger partial charge >= 0.3 is 0 Å². The highest BCUT2D eigenvalue weighted by Crippen LogP contribution is 2.31. The SMILES string of the molecule is C=c1nc2c(c(=O)n1C1CCCC1)=C(O)c1ccccc1N2C. The van der Waals surface area contributed by atoms with Gasteiger partial charge in [-0.05, 0) is 25.0 Å². The van der Waals surface area contributed by atoms with Gasteiger partial charge in [0, 0.05) is 18.7 Å². The van der Waals surface area contributed by atoms with Gasteiger partial charge in [-0.1, -0.05) is 31.6 Å². The van der Waals surface area contributed by atoms with Crippen molar-refractivity contribution in [3.63, 3.8) is 0 Å². The maximum Gasteiger partial charge on any atom is 0.267 e. The van der Waals surface area contributed by atoms with E-state index in [4.69, 9.17) is 0 Å². The Labute approximate surface area is 133 Å². The third kappa shape index (κ3) is 1.92. The molecule has 2 heterocycles. The van der Waals surface area contributed by atoms with Crippen molar-refractivity contribution >= 4 is 23.8 Å². The summed E-state index contributed by atoms with van der Waals surface area (Å²) in [6.07, 6.45) is 4.17. The summed E-state index contributed by atoms with van der Waals surface area (Å²) in [6, 6.07) is 7.62. The Kier molecular flexibility index (Phi) is 3.04. The molecule has 1 N–H and O–H groups in total. The van der Waals surface area contributed by atoms with Gasteiger partial charge < -0.3 is 10.0 Å². The van der Waals surface area contributed by atoms with Crippen LogP contribution in [0.5, 0.6) is 0 Å². The van der Waals surface area contributed by atoms with Gasteiger partial charge in [0.25, 0.3) is 5.56 Å². The summed E-state index contributed by atoms with van der Waals surface area (Å²) in [5.74, 6) is 0.489. The summed E-state index contributed by atoms with van der Waals surface area (Å²) in [5.41, 5.74) is 1.78. The minimum absolute atomic E-state index is 0.0120. The summed E-state index contributed by atoms with van der Waals surface area (Å²) in [6.45, 7) is 3.98. The zero-order chi connectivity index (χ0) is 16.1. The molecule has 1 aliphatic carbocycles. The van der Waals surface area contributed by atoms with Gasteiger partial charge in [0.2, 0.25) is 0 Å². The predicted octanol–water partition coefficient (Wildman–Crippen LogP) is 1.56. The minimum atomic E-state index is -0.189. The third-order valence-corrected chi connectivity index (χ3v) is 4.93. The molecule has 5 nitrogen and oxygen atoms in total. The third-order valence-electron chi connectivity index (χ3n) is 4.93. The van der Waals surface area contributed by atoms with E-state index in [1.807, 2.05) is 36.2 Å². The largest absolute Gasteiger partial charge is 0.506 e. The van der Waals surface area contributed by atoms with Gasteiger partial charge in [-0.3, -0.25) is 9.36 Å². The number of para-hydroxylation sites is 1. The molecule has 1 fully saturated rings. The number of fused-ring (bicyclic) bond motifs is 2. The first-order valence-electron chi connectivity index (χ1n) is 7.97. The number of rotatable bonds is 1. The Morgan fingerprint density at radius 3 is 2.70 bits per heavy atom. The Morgan fingerprint density at radius 2 is 1.96 bits per heavy atom. The molecule has 0 radical (unpaired) electrons. The van der Waals surface area contributed by atoms with Crippen LogP contribution in [-0.2, 0) is 0 Å². The molecule has 4 rings (SSSR count). The molecule has 0 spiro atoms. The molecule has 0 unspecified atom stereocenters. The van der Waals surface area contributed by atoms with E-state index < -0.39 is 0 Å². The van der Waals surface area contributed by atoms with Gasteiger partial charge in [-0.15, -0.1) is 0 Å². The van der Waals surface area contributed by atoms with Crippen LogP contribution in [-0.4, -0.2) is 21.7 Å². The minimum Gasteiger partial charge on any atom is -0.506 e. The summed E-state index contributed by atoms with van der Waals surface area (Å²) in [5, 5.41) is 11.0. The Morgan fingerprint density at radius 1 is 1.26 bits per heavy atom. The lowest BCUT2D eigenvalue weighted by Crippen LogP contribution is -2.50. The number of nitrogens with zero attached hydrogens (tertiary/aromatic N) is 3.